The molecule has 146 valence electrons. The minimum Gasteiger partial charge on any atom is -0.488 e. The molecule has 1 amide bonds. The van der Waals surface area contributed by atoms with E-state index in [2.05, 4.69) is 40.0 Å². The van der Waals surface area contributed by atoms with Gasteiger partial charge in [-0.3, -0.25) is 14.7 Å². The van der Waals surface area contributed by atoms with Gasteiger partial charge in [0.05, 0.1) is 4.91 Å². The van der Waals surface area contributed by atoms with E-state index in [9.17, 15) is 4.79 Å². The zero-order valence-corrected chi connectivity index (χ0v) is 18.6. The van der Waals surface area contributed by atoms with Gasteiger partial charge < -0.3 is 4.74 Å². The molecule has 0 spiro atoms. The number of hydrogen-bond acceptors (Lipinski definition) is 4. The standard InChI is InChI=1S/C22H23BrN2O2S/c1-4-24-22-25(5-2)21(26)20(28-22)13-17-12-18(23)9-10-19(17)27-14-16-8-6-7-15(3)11-16/h6-13H,4-5,14H2,1-3H3/b20-13+,24-22?. The molecule has 1 saturated heterocycles. The summed E-state index contributed by atoms with van der Waals surface area (Å²) in [6.45, 7) is 7.74. The molecule has 0 unspecified atom stereocenters. The summed E-state index contributed by atoms with van der Waals surface area (Å²) in [5.41, 5.74) is 3.18. The molecule has 4 nitrogen and oxygen atoms in total. The molecule has 0 radical (unpaired) electrons. The van der Waals surface area contributed by atoms with Crippen molar-refractivity contribution >= 4 is 44.8 Å². The van der Waals surface area contributed by atoms with Gasteiger partial charge in [-0.15, -0.1) is 0 Å². The first-order valence-electron chi connectivity index (χ1n) is 9.25. The van der Waals surface area contributed by atoms with Crippen molar-refractivity contribution in [1.29, 1.82) is 0 Å². The van der Waals surface area contributed by atoms with Crippen molar-refractivity contribution in [3.8, 4) is 5.75 Å². The zero-order chi connectivity index (χ0) is 20.1. The first-order chi connectivity index (χ1) is 13.5. The number of likely N-dealkylation sites (N-methyl/N-ethyl adjacent to an activating group) is 1. The van der Waals surface area contributed by atoms with Gasteiger partial charge in [-0.25, -0.2) is 0 Å². The number of nitrogens with zero attached hydrogens (tertiary/aromatic N) is 2. The van der Waals surface area contributed by atoms with Crippen LogP contribution in [-0.2, 0) is 11.4 Å². The Balaban J connectivity index is 1.87. The molecule has 0 bridgehead atoms. The molecular formula is C22H23BrN2O2S. The molecule has 0 aliphatic carbocycles. The molecule has 6 heteroatoms. The minimum absolute atomic E-state index is 0.00990. The van der Waals surface area contributed by atoms with Crippen molar-refractivity contribution in [3.05, 3.63) is 68.5 Å². The highest BCUT2D eigenvalue weighted by Gasteiger charge is 2.32. The third-order valence-electron chi connectivity index (χ3n) is 4.23. The van der Waals surface area contributed by atoms with E-state index in [1.807, 2.05) is 50.3 Å². The fourth-order valence-electron chi connectivity index (χ4n) is 2.91. The second kappa shape index (κ2) is 9.43. The summed E-state index contributed by atoms with van der Waals surface area (Å²) < 4.78 is 7.01. The number of amidine groups is 1. The lowest BCUT2D eigenvalue weighted by atomic mass is 10.1. The Labute approximate surface area is 178 Å². The topological polar surface area (TPSA) is 41.9 Å². The molecule has 3 rings (SSSR count). The highest BCUT2D eigenvalue weighted by molar-refractivity contribution is 9.10. The molecule has 0 N–H and O–H groups in total. The van der Waals surface area contributed by atoms with Gasteiger partial charge in [0.2, 0.25) is 0 Å². The molecule has 1 heterocycles. The lowest BCUT2D eigenvalue weighted by Crippen LogP contribution is -2.28. The molecule has 1 aliphatic heterocycles. The molecule has 0 aromatic heterocycles. The average Bonchev–Trinajstić information content (AvgIpc) is 2.96. The minimum atomic E-state index is -0.00990. The van der Waals surface area contributed by atoms with Crippen LogP contribution in [0.4, 0.5) is 0 Å². The number of carbonyl (C=O) groups excluding carboxylic acids is 1. The molecular weight excluding hydrogens is 436 g/mol. The number of thioether (sulfide) groups is 1. The zero-order valence-electron chi connectivity index (χ0n) is 16.2. The van der Waals surface area contributed by atoms with Crippen LogP contribution in [-0.4, -0.2) is 29.1 Å². The number of rotatable bonds is 6. The highest BCUT2D eigenvalue weighted by atomic mass is 79.9. The largest absolute Gasteiger partial charge is 0.488 e. The molecule has 1 aliphatic rings. The van der Waals surface area contributed by atoms with Gasteiger partial charge in [-0.2, -0.15) is 0 Å². The fraction of sp³-hybridized carbons (Fsp3) is 0.273. The van der Waals surface area contributed by atoms with Crippen LogP contribution < -0.4 is 4.74 Å². The Morgan fingerprint density at radius 3 is 2.75 bits per heavy atom. The predicted octanol–water partition coefficient (Wildman–Crippen LogP) is 5.65. The molecule has 0 saturated carbocycles. The Morgan fingerprint density at radius 2 is 2.04 bits per heavy atom. The van der Waals surface area contributed by atoms with Gasteiger partial charge in [0, 0.05) is 23.1 Å². The lowest BCUT2D eigenvalue weighted by molar-refractivity contribution is -0.122. The number of aryl methyl sites for hydroxylation is 1. The third-order valence-corrected chi connectivity index (χ3v) is 5.77. The van der Waals surface area contributed by atoms with Gasteiger partial charge in [0.25, 0.3) is 5.91 Å². The van der Waals surface area contributed by atoms with Gasteiger partial charge in [0.15, 0.2) is 5.17 Å². The predicted molar refractivity (Wildman–Crippen MR) is 121 cm³/mol. The summed E-state index contributed by atoms with van der Waals surface area (Å²) in [6.07, 6.45) is 1.89. The normalized spacial score (nSPS) is 17.0. The summed E-state index contributed by atoms with van der Waals surface area (Å²) in [5.74, 6) is 0.735. The smallest absolute Gasteiger partial charge is 0.266 e. The number of amides is 1. The Hall–Kier alpha value is -2.05. The van der Waals surface area contributed by atoms with Crippen LogP contribution in [0.25, 0.3) is 6.08 Å². The molecule has 2 aromatic rings. The van der Waals surface area contributed by atoms with Crippen molar-refractivity contribution in [3.63, 3.8) is 0 Å². The van der Waals surface area contributed by atoms with Crippen LogP contribution in [0.1, 0.15) is 30.5 Å². The number of hydrogen-bond donors (Lipinski definition) is 0. The quantitative estimate of drug-likeness (QED) is 0.525. The van der Waals surface area contributed by atoms with Gasteiger partial charge in [-0.1, -0.05) is 45.8 Å². The molecule has 28 heavy (non-hydrogen) atoms. The first kappa shape index (κ1) is 20.7. The van der Waals surface area contributed by atoms with Gasteiger partial charge in [-0.05, 0) is 62.4 Å². The van der Waals surface area contributed by atoms with Crippen molar-refractivity contribution < 1.29 is 9.53 Å². The Kier molecular flexibility index (Phi) is 6.97. The number of aliphatic imine (C=N–C) groups is 1. The van der Waals surface area contributed by atoms with Crippen LogP contribution in [0.15, 0.2) is 56.8 Å². The highest BCUT2D eigenvalue weighted by Crippen LogP contribution is 2.35. The van der Waals surface area contributed by atoms with Crippen LogP contribution in [0.3, 0.4) is 0 Å². The summed E-state index contributed by atoms with van der Waals surface area (Å²) in [6, 6.07) is 14.1. The summed E-state index contributed by atoms with van der Waals surface area (Å²) in [4.78, 5) is 19.6. The second-order valence-corrected chi connectivity index (χ2v) is 8.30. The third kappa shape index (κ3) is 4.86. The number of benzene rings is 2. The van der Waals surface area contributed by atoms with Crippen molar-refractivity contribution in [2.75, 3.05) is 13.1 Å². The summed E-state index contributed by atoms with van der Waals surface area (Å²) >= 11 is 4.94. The van der Waals surface area contributed by atoms with E-state index in [0.717, 1.165) is 26.5 Å². The van der Waals surface area contributed by atoms with E-state index in [4.69, 9.17) is 4.74 Å². The molecule has 1 fully saturated rings. The summed E-state index contributed by atoms with van der Waals surface area (Å²) in [5, 5.41) is 0.762. The monoisotopic (exact) mass is 458 g/mol. The van der Waals surface area contributed by atoms with E-state index in [1.165, 1.54) is 17.3 Å². The molecule has 2 aromatic carbocycles. The summed E-state index contributed by atoms with van der Waals surface area (Å²) in [7, 11) is 0. The van der Waals surface area contributed by atoms with Crippen molar-refractivity contribution in [1.82, 2.24) is 4.90 Å². The van der Waals surface area contributed by atoms with E-state index >= 15 is 0 Å². The molecule has 0 atom stereocenters. The lowest BCUT2D eigenvalue weighted by Gasteiger charge is -2.12. The SMILES string of the molecule is CCN=C1S/C(=C/c2cc(Br)ccc2OCc2cccc(C)c2)C(=O)N1CC. The number of carbonyl (C=O) groups is 1. The van der Waals surface area contributed by atoms with Crippen LogP contribution >= 0.6 is 27.7 Å². The maximum Gasteiger partial charge on any atom is 0.266 e. The average molecular weight is 459 g/mol. The first-order valence-corrected chi connectivity index (χ1v) is 10.9. The Bertz CT molecular complexity index is 940. The van der Waals surface area contributed by atoms with E-state index in [-0.39, 0.29) is 5.91 Å². The van der Waals surface area contributed by atoms with Crippen LogP contribution in [0, 0.1) is 6.92 Å². The fourth-order valence-corrected chi connectivity index (χ4v) is 4.38. The maximum atomic E-state index is 12.7. The van der Waals surface area contributed by atoms with E-state index in [0.29, 0.717) is 24.6 Å². The van der Waals surface area contributed by atoms with Crippen LogP contribution in [0.2, 0.25) is 0 Å². The van der Waals surface area contributed by atoms with E-state index in [1.54, 1.807) is 4.90 Å². The maximum absolute atomic E-state index is 12.7. The van der Waals surface area contributed by atoms with Gasteiger partial charge in [0.1, 0.15) is 12.4 Å². The Morgan fingerprint density at radius 1 is 1.21 bits per heavy atom. The number of ether oxygens (including phenoxy) is 1. The second-order valence-electron chi connectivity index (χ2n) is 6.38. The van der Waals surface area contributed by atoms with E-state index < -0.39 is 0 Å². The van der Waals surface area contributed by atoms with Crippen LogP contribution in [0.5, 0.6) is 5.75 Å². The van der Waals surface area contributed by atoms with Crippen molar-refractivity contribution in [2.24, 2.45) is 4.99 Å². The number of halogens is 1. The van der Waals surface area contributed by atoms with Gasteiger partial charge >= 0.3 is 0 Å². The van der Waals surface area contributed by atoms with Crippen molar-refractivity contribution in [2.45, 2.75) is 27.4 Å².